The normalized spacial score (nSPS) is 16.0. The van der Waals surface area contributed by atoms with Crippen molar-refractivity contribution < 1.29 is 26.4 Å². The van der Waals surface area contributed by atoms with Crippen LogP contribution in [0.2, 0.25) is 0 Å². The fourth-order valence-corrected chi connectivity index (χ4v) is 5.13. The summed E-state index contributed by atoms with van der Waals surface area (Å²) in [6.07, 6.45) is 2.53. The molecular formula is C18H25F3N2O3S2. The van der Waals surface area contributed by atoms with E-state index >= 15 is 0 Å². The van der Waals surface area contributed by atoms with Crippen LogP contribution in [0, 0.1) is 0 Å². The molecule has 0 spiro atoms. The number of thioether (sulfide) groups is 1. The van der Waals surface area contributed by atoms with Gasteiger partial charge in [0.05, 0.1) is 17.5 Å². The number of rotatable bonds is 8. The van der Waals surface area contributed by atoms with E-state index in [2.05, 4.69) is 5.32 Å². The number of hydrogen-bond acceptors (Lipinski definition) is 4. The van der Waals surface area contributed by atoms with Gasteiger partial charge in [0.15, 0.2) is 0 Å². The number of carbonyl (C=O) groups excluding carboxylic acids is 1. The molecule has 158 valence electrons. The number of sulfonamides is 1. The number of carbonyl (C=O) groups is 1. The summed E-state index contributed by atoms with van der Waals surface area (Å²) < 4.78 is 62.8. The SMILES string of the molecule is CS(=O)(=O)N(CC(=O)NCCSC1CCCCC1)c1ccc(C(F)(F)F)cc1. The second-order valence-electron chi connectivity index (χ2n) is 6.80. The Balaban J connectivity index is 1.90. The molecule has 0 bridgehead atoms. The lowest BCUT2D eigenvalue weighted by atomic mass is 10.0. The highest BCUT2D eigenvalue weighted by molar-refractivity contribution is 7.99. The molecule has 10 heteroatoms. The van der Waals surface area contributed by atoms with Crippen molar-refractivity contribution in [2.24, 2.45) is 0 Å². The number of benzene rings is 1. The standard InChI is InChI=1S/C18H25F3N2O3S2/c1-28(25,26)23(15-9-7-14(8-10-15)18(19,20)21)13-17(24)22-11-12-27-16-5-3-2-4-6-16/h7-10,16H,2-6,11-13H2,1H3,(H,22,24). The summed E-state index contributed by atoms with van der Waals surface area (Å²) in [4.78, 5) is 12.1. The number of halogens is 3. The fourth-order valence-electron chi connectivity index (χ4n) is 3.05. The lowest BCUT2D eigenvalue weighted by Gasteiger charge is -2.23. The molecule has 0 heterocycles. The largest absolute Gasteiger partial charge is 0.416 e. The van der Waals surface area contributed by atoms with Gasteiger partial charge in [-0.25, -0.2) is 8.42 Å². The van der Waals surface area contributed by atoms with Crippen molar-refractivity contribution in [3.8, 4) is 0 Å². The molecule has 2 rings (SSSR count). The van der Waals surface area contributed by atoms with Gasteiger partial charge in [-0.05, 0) is 37.1 Å². The van der Waals surface area contributed by atoms with Gasteiger partial charge < -0.3 is 5.32 Å². The Morgan fingerprint density at radius 3 is 2.32 bits per heavy atom. The Morgan fingerprint density at radius 2 is 1.79 bits per heavy atom. The highest BCUT2D eigenvalue weighted by Crippen LogP contribution is 2.31. The smallest absolute Gasteiger partial charge is 0.354 e. The molecule has 28 heavy (non-hydrogen) atoms. The van der Waals surface area contributed by atoms with Crippen LogP contribution in [0.4, 0.5) is 18.9 Å². The summed E-state index contributed by atoms with van der Waals surface area (Å²) in [7, 11) is -3.82. The minimum absolute atomic E-state index is 0.0160. The first-order chi connectivity index (χ1) is 13.1. The highest BCUT2D eigenvalue weighted by Gasteiger charge is 2.30. The zero-order valence-electron chi connectivity index (χ0n) is 15.7. The Labute approximate surface area is 168 Å². The van der Waals surface area contributed by atoms with Gasteiger partial charge in [-0.3, -0.25) is 9.10 Å². The molecule has 0 atom stereocenters. The molecule has 0 unspecified atom stereocenters. The van der Waals surface area contributed by atoms with Gasteiger partial charge in [-0.15, -0.1) is 0 Å². The van der Waals surface area contributed by atoms with Crippen LogP contribution in [0.25, 0.3) is 0 Å². The summed E-state index contributed by atoms with van der Waals surface area (Å²) in [5.74, 6) is 0.254. The number of nitrogens with zero attached hydrogens (tertiary/aromatic N) is 1. The highest BCUT2D eigenvalue weighted by atomic mass is 32.2. The van der Waals surface area contributed by atoms with Crippen LogP contribution >= 0.6 is 11.8 Å². The van der Waals surface area contributed by atoms with E-state index in [0.29, 0.717) is 11.8 Å². The van der Waals surface area contributed by atoms with E-state index in [-0.39, 0.29) is 5.69 Å². The van der Waals surface area contributed by atoms with E-state index < -0.39 is 34.2 Å². The van der Waals surface area contributed by atoms with Crippen molar-refractivity contribution in [1.29, 1.82) is 0 Å². The molecule has 1 aromatic rings. The van der Waals surface area contributed by atoms with E-state index in [1.807, 2.05) is 11.8 Å². The van der Waals surface area contributed by atoms with Gasteiger partial charge in [0.25, 0.3) is 0 Å². The average Bonchev–Trinajstić information content (AvgIpc) is 2.63. The number of alkyl halides is 3. The molecule has 0 radical (unpaired) electrons. The van der Waals surface area contributed by atoms with Crippen molar-refractivity contribution in [2.75, 3.05) is 29.4 Å². The van der Waals surface area contributed by atoms with Crippen LogP contribution in [0.3, 0.4) is 0 Å². The van der Waals surface area contributed by atoms with Crippen LogP contribution in [0.1, 0.15) is 37.7 Å². The van der Waals surface area contributed by atoms with Gasteiger partial charge in [0, 0.05) is 17.5 Å². The molecule has 0 saturated heterocycles. The van der Waals surface area contributed by atoms with E-state index in [1.54, 1.807) is 0 Å². The number of nitrogens with one attached hydrogen (secondary N) is 1. The summed E-state index contributed by atoms with van der Waals surface area (Å²) in [5, 5.41) is 3.30. The topological polar surface area (TPSA) is 66.5 Å². The van der Waals surface area contributed by atoms with Crippen LogP contribution < -0.4 is 9.62 Å². The second-order valence-corrected chi connectivity index (χ2v) is 10.1. The number of amides is 1. The number of anilines is 1. The van der Waals surface area contributed by atoms with E-state index in [0.717, 1.165) is 40.6 Å². The third-order valence-corrected chi connectivity index (χ3v) is 7.02. The lowest BCUT2D eigenvalue weighted by Crippen LogP contribution is -2.41. The fraction of sp³-hybridized carbons (Fsp3) is 0.611. The van der Waals surface area contributed by atoms with Crippen molar-refractivity contribution in [3.63, 3.8) is 0 Å². The minimum atomic E-state index is -4.51. The first-order valence-electron chi connectivity index (χ1n) is 9.10. The van der Waals surface area contributed by atoms with Gasteiger partial charge in [-0.1, -0.05) is 19.3 Å². The third-order valence-electron chi connectivity index (χ3n) is 4.50. The molecular weight excluding hydrogens is 413 g/mol. The van der Waals surface area contributed by atoms with Crippen LogP contribution in [-0.2, 0) is 21.0 Å². The van der Waals surface area contributed by atoms with E-state index in [9.17, 15) is 26.4 Å². The van der Waals surface area contributed by atoms with Crippen molar-refractivity contribution in [1.82, 2.24) is 5.32 Å². The molecule has 1 N–H and O–H groups in total. The van der Waals surface area contributed by atoms with Gasteiger partial charge in [-0.2, -0.15) is 24.9 Å². The maximum absolute atomic E-state index is 12.7. The summed E-state index contributed by atoms with van der Waals surface area (Å²) in [6, 6.07) is 3.70. The monoisotopic (exact) mass is 438 g/mol. The zero-order valence-corrected chi connectivity index (χ0v) is 17.3. The predicted molar refractivity (Wildman–Crippen MR) is 106 cm³/mol. The summed E-state index contributed by atoms with van der Waals surface area (Å²) in [6.45, 7) is -0.0527. The van der Waals surface area contributed by atoms with Gasteiger partial charge in [0.2, 0.25) is 15.9 Å². The quantitative estimate of drug-likeness (QED) is 0.629. The molecule has 1 fully saturated rings. The first kappa shape index (κ1) is 22.9. The molecule has 1 aliphatic rings. The molecule has 1 saturated carbocycles. The molecule has 1 amide bonds. The van der Waals surface area contributed by atoms with Gasteiger partial charge >= 0.3 is 6.18 Å². The second kappa shape index (κ2) is 9.87. The zero-order chi connectivity index (χ0) is 20.8. The summed E-state index contributed by atoms with van der Waals surface area (Å²) in [5.41, 5.74) is -0.865. The third kappa shape index (κ3) is 7.20. The van der Waals surface area contributed by atoms with Crippen molar-refractivity contribution in [2.45, 2.75) is 43.5 Å². The molecule has 5 nitrogen and oxygen atoms in total. The Hall–Kier alpha value is -1.42. The van der Waals surface area contributed by atoms with Crippen molar-refractivity contribution >= 4 is 33.4 Å². The minimum Gasteiger partial charge on any atom is -0.354 e. The van der Waals surface area contributed by atoms with Crippen LogP contribution in [0.15, 0.2) is 24.3 Å². The summed E-state index contributed by atoms with van der Waals surface area (Å²) >= 11 is 1.81. The van der Waals surface area contributed by atoms with Gasteiger partial charge in [0.1, 0.15) is 6.54 Å². The molecule has 0 aliphatic heterocycles. The predicted octanol–water partition coefficient (Wildman–Crippen LogP) is 3.65. The van der Waals surface area contributed by atoms with Crippen LogP contribution in [-0.4, -0.2) is 44.7 Å². The van der Waals surface area contributed by atoms with E-state index in [1.165, 1.54) is 32.1 Å². The van der Waals surface area contributed by atoms with Crippen molar-refractivity contribution in [3.05, 3.63) is 29.8 Å². The Bertz CT molecular complexity index is 746. The molecule has 0 aromatic heterocycles. The first-order valence-corrected chi connectivity index (χ1v) is 12.0. The average molecular weight is 439 g/mol. The molecule has 1 aliphatic carbocycles. The Kier molecular flexibility index (Phi) is 8.06. The Morgan fingerprint density at radius 1 is 1.18 bits per heavy atom. The number of hydrogen-bond donors (Lipinski definition) is 1. The maximum Gasteiger partial charge on any atom is 0.416 e. The molecule has 1 aromatic carbocycles. The van der Waals surface area contributed by atoms with Crippen LogP contribution in [0.5, 0.6) is 0 Å². The van der Waals surface area contributed by atoms with E-state index in [4.69, 9.17) is 0 Å². The maximum atomic E-state index is 12.7. The lowest BCUT2D eigenvalue weighted by molar-refractivity contribution is -0.137.